The van der Waals surface area contributed by atoms with Gasteiger partial charge in [-0.15, -0.1) is 0 Å². The van der Waals surface area contributed by atoms with Crippen LogP contribution >= 0.6 is 0 Å². The van der Waals surface area contributed by atoms with E-state index in [-0.39, 0.29) is 30.9 Å². The fourth-order valence-corrected chi connectivity index (χ4v) is 2.92. The molecule has 1 aromatic rings. The van der Waals surface area contributed by atoms with Gasteiger partial charge in [-0.25, -0.2) is 4.39 Å². The van der Waals surface area contributed by atoms with Crippen molar-refractivity contribution in [2.75, 3.05) is 51.3 Å². The van der Waals surface area contributed by atoms with Gasteiger partial charge < -0.3 is 15.0 Å². The molecule has 10 heteroatoms. The lowest BCUT2D eigenvalue weighted by molar-refractivity contribution is -0.137. The molecule has 0 radical (unpaired) electrons. The Labute approximate surface area is 153 Å². The lowest BCUT2D eigenvalue weighted by atomic mass is 10.1. The van der Waals surface area contributed by atoms with Crippen molar-refractivity contribution in [2.24, 2.45) is 0 Å². The summed E-state index contributed by atoms with van der Waals surface area (Å²) in [5.74, 6) is -1.18. The largest absolute Gasteiger partial charge is 0.416 e. The molecule has 2 heterocycles. The SMILES string of the molecule is O=C(CN1CCOCC1)Nc1cc(C(=O)N2CC(F)C2)cc(C(F)(F)F)c1. The number of alkyl halides is 4. The number of hydrogen-bond donors (Lipinski definition) is 1. The van der Waals surface area contributed by atoms with Crippen LogP contribution in [-0.2, 0) is 15.7 Å². The van der Waals surface area contributed by atoms with Crippen molar-refractivity contribution in [2.45, 2.75) is 12.3 Å². The van der Waals surface area contributed by atoms with Gasteiger partial charge in [0.15, 0.2) is 0 Å². The number of anilines is 1. The number of carbonyl (C=O) groups is 2. The summed E-state index contributed by atoms with van der Waals surface area (Å²) in [4.78, 5) is 27.4. The molecule has 0 bridgehead atoms. The molecule has 3 rings (SSSR count). The first-order valence-electron chi connectivity index (χ1n) is 8.48. The van der Waals surface area contributed by atoms with Gasteiger partial charge in [-0.3, -0.25) is 14.5 Å². The average molecular weight is 389 g/mol. The molecule has 0 atom stereocenters. The minimum atomic E-state index is -4.68. The van der Waals surface area contributed by atoms with E-state index in [1.165, 1.54) is 6.07 Å². The summed E-state index contributed by atoms with van der Waals surface area (Å²) in [6.45, 7) is 1.81. The molecule has 0 aliphatic carbocycles. The minimum absolute atomic E-state index is 0.0124. The molecule has 27 heavy (non-hydrogen) atoms. The van der Waals surface area contributed by atoms with Gasteiger partial charge in [0, 0.05) is 24.3 Å². The Hall–Kier alpha value is -2.20. The van der Waals surface area contributed by atoms with Gasteiger partial charge in [0.1, 0.15) is 6.17 Å². The molecule has 6 nitrogen and oxygen atoms in total. The van der Waals surface area contributed by atoms with Crippen molar-refractivity contribution in [3.63, 3.8) is 0 Å². The summed E-state index contributed by atoms with van der Waals surface area (Å²) in [6.07, 6.45) is -5.84. The van der Waals surface area contributed by atoms with Crippen molar-refractivity contribution in [1.82, 2.24) is 9.80 Å². The molecule has 0 spiro atoms. The van der Waals surface area contributed by atoms with Crippen LogP contribution in [0.2, 0.25) is 0 Å². The lowest BCUT2D eigenvalue weighted by Crippen LogP contribution is -2.51. The van der Waals surface area contributed by atoms with Crippen LogP contribution in [0.3, 0.4) is 0 Å². The molecule has 2 fully saturated rings. The molecule has 0 aromatic heterocycles. The zero-order valence-corrected chi connectivity index (χ0v) is 14.4. The zero-order valence-electron chi connectivity index (χ0n) is 14.4. The van der Waals surface area contributed by atoms with E-state index in [1.807, 2.05) is 4.90 Å². The standard InChI is InChI=1S/C17H19F4N3O3/c18-13-8-24(9-13)16(26)11-5-12(17(19,20)21)7-14(6-11)22-15(25)10-23-1-3-27-4-2-23/h5-7,13H,1-4,8-10H2,(H,22,25). The van der Waals surface area contributed by atoms with Crippen LogP contribution in [0, 0.1) is 0 Å². The van der Waals surface area contributed by atoms with E-state index >= 15 is 0 Å². The molecular formula is C17H19F4N3O3. The highest BCUT2D eigenvalue weighted by atomic mass is 19.4. The Kier molecular flexibility index (Phi) is 5.66. The van der Waals surface area contributed by atoms with Gasteiger partial charge in [-0.05, 0) is 18.2 Å². The number of nitrogens with one attached hydrogen (secondary N) is 1. The van der Waals surface area contributed by atoms with E-state index in [4.69, 9.17) is 4.74 Å². The first-order chi connectivity index (χ1) is 12.7. The molecule has 0 saturated carbocycles. The predicted octanol–water partition coefficient (Wildman–Crippen LogP) is 1.77. The Morgan fingerprint density at radius 1 is 1.15 bits per heavy atom. The van der Waals surface area contributed by atoms with Crippen LogP contribution in [0.4, 0.5) is 23.2 Å². The van der Waals surface area contributed by atoms with Gasteiger partial charge in [-0.1, -0.05) is 0 Å². The Morgan fingerprint density at radius 3 is 2.41 bits per heavy atom. The number of hydrogen-bond acceptors (Lipinski definition) is 4. The van der Waals surface area contributed by atoms with Gasteiger partial charge in [-0.2, -0.15) is 13.2 Å². The second kappa shape index (κ2) is 7.81. The van der Waals surface area contributed by atoms with Crippen LogP contribution < -0.4 is 5.32 Å². The third-order valence-electron chi connectivity index (χ3n) is 4.39. The number of ether oxygens (including phenoxy) is 1. The predicted molar refractivity (Wildman–Crippen MR) is 88.1 cm³/mol. The summed E-state index contributed by atoms with van der Waals surface area (Å²) in [7, 11) is 0. The number of halogens is 4. The van der Waals surface area contributed by atoms with Crippen LogP contribution in [0.15, 0.2) is 18.2 Å². The van der Waals surface area contributed by atoms with Crippen LogP contribution in [0.5, 0.6) is 0 Å². The molecule has 0 unspecified atom stereocenters. The fraction of sp³-hybridized carbons (Fsp3) is 0.529. The normalized spacial score (nSPS) is 18.9. The maximum absolute atomic E-state index is 13.2. The van der Waals surface area contributed by atoms with Gasteiger partial charge in [0.05, 0.1) is 38.4 Å². The molecule has 2 aliphatic heterocycles. The Morgan fingerprint density at radius 2 is 1.81 bits per heavy atom. The van der Waals surface area contributed by atoms with Crippen LogP contribution in [0.1, 0.15) is 15.9 Å². The number of carbonyl (C=O) groups excluding carboxylic acids is 2. The minimum Gasteiger partial charge on any atom is -0.379 e. The van der Waals surface area contributed by atoms with E-state index < -0.39 is 29.7 Å². The number of morpholine rings is 1. The summed E-state index contributed by atoms with van der Waals surface area (Å²) in [5.41, 5.74) is -1.41. The second-order valence-corrected chi connectivity index (χ2v) is 6.54. The highest BCUT2D eigenvalue weighted by Gasteiger charge is 2.35. The van der Waals surface area contributed by atoms with Crippen molar-refractivity contribution >= 4 is 17.5 Å². The number of benzene rings is 1. The van der Waals surface area contributed by atoms with E-state index in [0.29, 0.717) is 32.4 Å². The summed E-state index contributed by atoms with van der Waals surface area (Å²) in [6, 6.07) is 2.67. The number of likely N-dealkylation sites (tertiary alicyclic amines) is 1. The maximum Gasteiger partial charge on any atom is 0.416 e. The molecule has 1 aromatic carbocycles. The lowest BCUT2D eigenvalue weighted by Gasteiger charge is -2.34. The number of nitrogens with zero attached hydrogens (tertiary/aromatic N) is 2. The first kappa shape index (κ1) is 19.6. The summed E-state index contributed by atoms with van der Waals surface area (Å²) >= 11 is 0. The number of rotatable bonds is 4. The third kappa shape index (κ3) is 4.95. The highest BCUT2D eigenvalue weighted by molar-refractivity contribution is 5.98. The Bertz CT molecular complexity index is 714. The zero-order chi connectivity index (χ0) is 19.6. The fourth-order valence-electron chi connectivity index (χ4n) is 2.92. The summed E-state index contributed by atoms with van der Waals surface area (Å²) in [5, 5.41) is 2.41. The van der Waals surface area contributed by atoms with Gasteiger partial charge in [0.2, 0.25) is 5.91 Å². The van der Waals surface area contributed by atoms with Crippen molar-refractivity contribution in [3.05, 3.63) is 29.3 Å². The van der Waals surface area contributed by atoms with Gasteiger partial charge in [0.25, 0.3) is 5.91 Å². The van der Waals surface area contributed by atoms with Crippen LogP contribution in [0.25, 0.3) is 0 Å². The first-order valence-corrected chi connectivity index (χ1v) is 8.48. The van der Waals surface area contributed by atoms with Crippen LogP contribution in [-0.4, -0.2) is 73.7 Å². The molecule has 1 N–H and O–H groups in total. The quantitative estimate of drug-likeness (QED) is 0.798. The second-order valence-electron chi connectivity index (χ2n) is 6.54. The van der Waals surface area contributed by atoms with E-state index in [0.717, 1.165) is 11.0 Å². The highest BCUT2D eigenvalue weighted by Crippen LogP contribution is 2.32. The molecular weight excluding hydrogens is 370 g/mol. The van der Waals surface area contributed by atoms with Gasteiger partial charge >= 0.3 is 6.18 Å². The monoisotopic (exact) mass is 389 g/mol. The average Bonchev–Trinajstić information content (AvgIpc) is 2.58. The Balaban J connectivity index is 1.75. The van der Waals surface area contributed by atoms with E-state index in [2.05, 4.69) is 5.32 Å². The van der Waals surface area contributed by atoms with E-state index in [9.17, 15) is 27.2 Å². The van der Waals surface area contributed by atoms with Crippen molar-refractivity contribution in [1.29, 1.82) is 0 Å². The maximum atomic E-state index is 13.2. The molecule has 148 valence electrons. The van der Waals surface area contributed by atoms with Crippen molar-refractivity contribution < 1.29 is 31.9 Å². The molecule has 2 amide bonds. The number of amides is 2. The smallest absolute Gasteiger partial charge is 0.379 e. The van der Waals surface area contributed by atoms with E-state index in [1.54, 1.807) is 0 Å². The van der Waals surface area contributed by atoms with Crippen molar-refractivity contribution in [3.8, 4) is 0 Å². The summed E-state index contributed by atoms with van der Waals surface area (Å²) < 4.78 is 57.6. The topological polar surface area (TPSA) is 61.9 Å². The molecule has 2 saturated heterocycles. The molecule has 2 aliphatic rings. The third-order valence-corrected chi connectivity index (χ3v) is 4.39.